The Kier molecular flexibility index (Phi) is 3.00. The summed E-state index contributed by atoms with van der Waals surface area (Å²) >= 11 is 0. The van der Waals surface area contributed by atoms with Gasteiger partial charge >= 0.3 is 0 Å². The first-order valence-corrected chi connectivity index (χ1v) is 4.33. The third-order valence-corrected chi connectivity index (χ3v) is 1.86. The molecule has 5 nitrogen and oxygen atoms in total. The van der Waals surface area contributed by atoms with Crippen molar-refractivity contribution in [2.45, 2.75) is 25.8 Å². The van der Waals surface area contributed by atoms with E-state index in [0.29, 0.717) is 5.82 Å². The largest absolute Gasteiger partial charge is 0.394 e. The molecular formula is C8H16N4O. The Balaban J connectivity index is 2.96. The lowest BCUT2D eigenvalue weighted by molar-refractivity contribution is 0.260. The van der Waals surface area contributed by atoms with Crippen molar-refractivity contribution < 1.29 is 5.11 Å². The van der Waals surface area contributed by atoms with E-state index in [1.54, 1.807) is 11.7 Å². The van der Waals surface area contributed by atoms with Crippen molar-refractivity contribution in [3.63, 3.8) is 0 Å². The van der Waals surface area contributed by atoms with Gasteiger partial charge in [-0.25, -0.2) is 4.98 Å². The van der Waals surface area contributed by atoms with Gasteiger partial charge < -0.3 is 10.8 Å². The van der Waals surface area contributed by atoms with Gasteiger partial charge in [0.15, 0.2) is 5.82 Å². The van der Waals surface area contributed by atoms with E-state index < -0.39 is 6.04 Å². The molecule has 1 heterocycles. The van der Waals surface area contributed by atoms with Crippen molar-refractivity contribution in [3.8, 4) is 0 Å². The average Bonchev–Trinajstić information content (AvgIpc) is 2.46. The van der Waals surface area contributed by atoms with Gasteiger partial charge in [-0.2, -0.15) is 5.10 Å². The van der Waals surface area contributed by atoms with Crippen LogP contribution in [-0.4, -0.2) is 26.5 Å². The van der Waals surface area contributed by atoms with Crippen LogP contribution in [0.15, 0.2) is 0 Å². The fraction of sp³-hybridized carbons (Fsp3) is 0.750. The van der Waals surface area contributed by atoms with Crippen molar-refractivity contribution in [3.05, 3.63) is 11.6 Å². The predicted molar refractivity (Wildman–Crippen MR) is 49.1 cm³/mol. The minimum absolute atomic E-state index is 0.107. The Labute approximate surface area is 77.6 Å². The van der Waals surface area contributed by atoms with E-state index >= 15 is 0 Å². The predicted octanol–water partition coefficient (Wildman–Crippen LogP) is -0.0694. The van der Waals surface area contributed by atoms with Crippen molar-refractivity contribution >= 4 is 0 Å². The molecule has 0 saturated heterocycles. The fourth-order valence-corrected chi connectivity index (χ4v) is 1.07. The number of nitrogens with zero attached hydrogens (tertiary/aromatic N) is 3. The second kappa shape index (κ2) is 3.85. The second-order valence-electron chi connectivity index (χ2n) is 3.40. The van der Waals surface area contributed by atoms with Crippen LogP contribution in [0.4, 0.5) is 0 Å². The number of aliphatic hydroxyl groups excluding tert-OH is 1. The molecule has 1 atom stereocenters. The summed E-state index contributed by atoms with van der Waals surface area (Å²) in [6.07, 6.45) is 0. The van der Waals surface area contributed by atoms with Crippen molar-refractivity contribution in [1.82, 2.24) is 14.8 Å². The second-order valence-corrected chi connectivity index (χ2v) is 3.40. The maximum atomic E-state index is 8.85. The van der Waals surface area contributed by atoms with Crippen LogP contribution in [0.3, 0.4) is 0 Å². The number of aromatic nitrogens is 3. The Morgan fingerprint density at radius 2 is 2.15 bits per heavy atom. The molecular weight excluding hydrogens is 168 g/mol. The molecule has 74 valence electrons. The molecule has 0 spiro atoms. The first-order chi connectivity index (χ1) is 6.06. The number of rotatable bonds is 3. The van der Waals surface area contributed by atoms with Gasteiger partial charge in [-0.05, 0) is 0 Å². The molecule has 1 aromatic rings. The zero-order valence-corrected chi connectivity index (χ0v) is 8.23. The molecule has 0 amide bonds. The third-order valence-electron chi connectivity index (χ3n) is 1.86. The highest BCUT2D eigenvalue weighted by Crippen LogP contribution is 2.12. The fourth-order valence-electron chi connectivity index (χ4n) is 1.07. The van der Waals surface area contributed by atoms with Crippen LogP contribution in [0.5, 0.6) is 0 Å². The van der Waals surface area contributed by atoms with Crippen molar-refractivity contribution in [1.29, 1.82) is 0 Å². The lowest BCUT2D eigenvalue weighted by Crippen LogP contribution is -2.19. The smallest absolute Gasteiger partial charge is 0.153 e. The van der Waals surface area contributed by atoms with E-state index in [9.17, 15) is 0 Å². The van der Waals surface area contributed by atoms with E-state index in [1.807, 2.05) is 13.8 Å². The summed E-state index contributed by atoms with van der Waals surface area (Å²) in [7, 11) is 1.78. The molecule has 0 aromatic carbocycles. The standard InChI is InChI=1S/C8H16N4O/c1-5(2)7-10-8(6(9)4-13)12(3)11-7/h5-6,13H,4,9H2,1-3H3. The van der Waals surface area contributed by atoms with Crippen LogP contribution in [0.1, 0.15) is 37.5 Å². The summed E-state index contributed by atoms with van der Waals surface area (Å²) in [5, 5.41) is 13.0. The van der Waals surface area contributed by atoms with Crippen molar-refractivity contribution in [2.24, 2.45) is 12.8 Å². The molecule has 0 aliphatic carbocycles. The zero-order valence-electron chi connectivity index (χ0n) is 8.23. The average molecular weight is 184 g/mol. The Hall–Kier alpha value is -0.940. The molecule has 1 rings (SSSR count). The van der Waals surface area contributed by atoms with Crippen LogP contribution in [-0.2, 0) is 7.05 Å². The van der Waals surface area contributed by atoms with E-state index in [0.717, 1.165) is 5.82 Å². The molecule has 5 heteroatoms. The molecule has 0 aliphatic rings. The molecule has 0 fully saturated rings. The highest BCUT2D eigenvalue weighted by Gasteiger charge is 2.15. The molecule has 1 unspecified atom stereocenters. The third kappa shape index (κ3) is 2.05. The van der Waals surface area contributed by atoms with Gasteiger partial charge in [-0.15, -0.1) is 0 Å². The van der Waals surface area contributed by atoms with Gasteiger partial charge in [0.1, 0.15) is 5.82 Å². The first kappa shape index (κ1) is 10.1. The van der Waals surface area contributed by atoms with Crippen LogP contribution < -0.4 is 5.73 Å². The maximum absolute atomic E-state index is 8.85. The number of hydrogen-bond donors (Lipinski definition) is 2. The van der Waals surface area contributed by atoms with E-state index in [1.165, 1.54) is 0 Å². The zero-order chi connectivity index (χ0) is 10.0. The van der Waals surface area contributed by atoms with Crippen LogP contribution in [0, 0.1) is 0 Å². The molecule has 0 bridgehead atoms. The number of hydrogen-bond acceptors (Lipinski definition) is 4. The maximum Gasteiger partial charge on any atom is 0.153 e. The van der Waals surface area contributed by atoms with Gasteiger partial charge in [0.05, 0.1) is 12.6 Å². The molecule has 0 saturated carbocycles. The quantitative estimate of drug-likeness (QED) is 0.689. The molecule has 0 aliphatic heterocycles. The number of nitrogens with two attached hydrogens (primary N) is 1. The van der Waals surface area contributed by atoms with Crippen molar-refractivity contribution in [2.75, 3.05) is 6.61 Å². The summed E-state index contributed by atoms with van der Waals surface area (Å²) in [4.78, 5) is 4.25. The monoisotopic (exact) mass is 184 g/mol. The van der Waals surface area contributed by atoms with Gasteiger partial charge in [-0.1, -0.05) is 13.8 Å². The summed E-state index contributed by atoms with van der Waals surface area (Å²) in [5.41, 5.74) is 5.64. The van der Waals surface area contributed by atoms with Crippen LogP contribution in [0.2, 0.25) is 0 Å². The van der Waals surface area contributed by atoms with Gasteiger partial charge in [-0.3, -0.25) is 4.68 Å². The summed E-state index contributed by atoms with van der Waals surface area (Å²) in [6, 6.07) is -0.440. The van der Waals surface area contributed by atoms with E-state index in [4.69, 9.17) is 10.8 Å². The highest BCUT2D eigenvalue weighted by atomic mass is 16.3. The topological polar surface area (TPSA) is 77.0 Å². The van der Waals surface area contributed by atoms with E-state index in [-0.39, 0.29) is 12.5 Å². The normalized spacial score (nSPS) is 13.7. The summed E-state index contributed by atoms with van der Waals surface area (Å²) in [5.74, 6) is 1.68. The summed E-state index contributed by atoms with van der Waals surface area (Å²) < 4.78 is 1.62. The Bertz CT molecular complexity index is 282. The van der Waals surface area contributed by atoms with E-state index in [2.05, 4.69) is 10.1 Å². The minimum Gasteiger partial charge on any atom is -0.394 e. The lowest BCUT2D eigenvalue weighted by Gasteiger charge is -2.04. The Morgan fingerprint density at radius 3 is 2.54 bits per heavy atom. The Morgan fingerprint density at radius 1 is 1.54 bits per heavy atom. The number of aliphatic hydroxyl groups is 1. The minimum atomic E-state index is -0.440. The molecule has 13 heavy (non-hydrogen) atoms. The first-order valence-electron chi connectivity index (χ1n) is 4.33. The summed E-state index contributed by atoms with van der Waals surface area (Å²) in [6.45, 7) is 3.93. The number of aryl methyl sites for hydroxylation is 1. The molecule has 3 N–H and O–H groups in total. The van der Waals surface area contributed by atoms with Crippen LogP contribution >= 0.6 is 0 Å². The van der Waals surface area contributed by atoms with Gasteiger partial charge in [0.2, 0.25) is 0 Å². The van der Waals surface area contributed by atoms with Gasteiger partial charge in [0, 0.05) is 13.0 Å². The van der Waals surface area contributed by atoms with Crippen LogP contribution in [0.25, 0.3) is 0 Å². The molecule has 0 radical (unpaired) electrons. The van der Waals surface area contributed by atoms with Gasteiger partial charge in [0.25, 0.3) is 0 Å². The lowest BCUT2D eigenvalue weighted by atomic mass is 10.2. The SMILES string of the molecule is CC(C)c1nc(C(N)CO)n(C)n1. The highest BCUT2D eigenvalue weighted by molar-refractivity contribution is 5.00. The molecule has 1 aromatic heterocycles.